The van der Waals surface area contributed by atoms with Crippen LogP contribution < -0.4 is 0 Å². The van der Waals surface area contributed by atoms with Gasteiger partial charge in [0.05, 0.1) is 22.8 Å². The number of carbonyl (C=O) groups is 1. The molecule has 1 aromatic carbocycles. The Morgan fingerprint density at radius 2 is 2.04 bits per heavy atom. The highest BCUT2D eigenvalue weighted by molar-refractivity contribution is 6.07. The van der Waals surface area contributed by atoms with Crippen molar-refractivity contribution >= 4 is 16.8 Å². The predicted octanol–water partition coefficient (Wildman–Crippen LogP) is 4.43. The predicted molar refractivity (Wildman–Crippen MR) is 107 cm³/mol. The molecule has 4 rings (SSSR count). The lowest BCUT2D eigenvalue weighted by Crippen LogP contribution is -2.30. The smallest absolute Gasteiger partial charge is 0.254 e. The SMILES string of the molecule is Cc1ccc2nc(-c3cccnc3)cc(C(=O)N(C)[C@H](C)c3ccon3)c2c1. The average Bonchev–Trinajstić information content (AvgIpc) is 3.27. The summed E-state index contributed by atoms with van der Waals surface area (Å²) in [6.07, 6.45) is 4.97. The summed E-state index contributed by atoms with van der Waals surface area (Å²) in [5.74, 6) is -0.0985. The Kier molecular flexibility index (Phi) is 4.61. The third kappa shape index (κ3) is 3.24. The van der Waals surface area contributed by atoms with Crippen molar-refractivity contribution in [2.45, 2.75) is 19.9 Å². The quantitative estimate of drug-likeness (QED) is 0.530. The fourth-order valence-corrected chi connectivity index (χ4v) is 3.18. The molecule has 1 amide bonds. The second-order valence-corrected chi connectivity index (χ2v) is 6.83. The van der Waals surface area contributed by atoms with Gasteiger partial charge in [0.2, 0.25) is 0 Å². The summed E-state index contributed by atoms with van der Waals surface area (Å²) in [4.78, 5) is 24.0. The van der Waals surface area contributed by atoms with E-state index in [9.17, 15) is 4.79 Å². The van der Waals surface area contributed by atoms with Crippen LogP contribution in [-0.2, 0) is 0 Å². The maximum Gasteiger partial charge on any atom is 0.254 e. The fourth-order valence-electron chi connectivity index (χ4n) is 3.18. The molecule has 0 aliphatic carbocycles. The van der Waals surface area contributed by atoms with Gasteiger partial charge in [-0.05, 0) is 44.2 Å². The molecule has 0 spiro atoms. The Labute approximate surface area is 162 Å². The number of benzene rings is 1. The van der Waals surface area contributed by atoms with E-state index in [-0.39, 0.29) is 11.9 Å². The van der Waals surface area contributed by atoms with E-state index in [0.717, 1.165) is 27.7 Å². The largest absolute Gasteiger partial charge is 0.364 e. The fraction of sp³-hybridized carbons (Fsp3) is 0.182. The molecule has 0 radical (unpaired) electrons. The second kappa shape index (κ2) is 7.23. The van der Waals surface area contributed by atoms with Crippen molar-refractivity contribution < 1.29 is 9.32 Å². The Morgan fingerprint density at radius 1 is 1.18 bits per heavy atom. The number of rotatable bonds is 4. The third-order valence-electron chi connectivity index (χ3n) is 4.94. The van der Waals surface area contributed by atoms with Gasteiger partial charge in [0.1, 0.15) is 12.0 Å². The number of amides is 1. The number of carbonyl (C=O) groups excluding carboxylic acids is 1. The molecule has 0 N–H and O–H groups in total. The molecule has 0 saturated heterocycles. The van der Waals surface area contributed by atoms with E-state index in [4.69, 9.17) is 9.51 Å². The highest BCUT2D eigenvalue weighted by atomic mass is 16.5. The van der Waals surface area contributed by atoms with Crippen LogP contribution in [0.4, 0.5) is 0 Å². The van der Waals surface area contributed by atoms with Crippen molar-refractivity contribution in [1.29, 1.82) is 0 Å². The molecule has 3 heterocycles. The number of nitrogens with zero attached hydrogens (tertiary/aromatic N) is 4. The number of aryl methyl sites for hydroxylation is 1. The van der Waals surface area contributed by atoms with E-state index in [1.807, 2.05) is 50.2 Å². The zero-order valence-corrected chi connectivity index (χ0v) is 16.0. The molecule has 0 saturated carbocycles. The van der Waals surface area contributed by atoms with Crippen molar-refractivity contribution in [3.63, 3.8) is 0 Å². The van der Waals surface area contributed by atoms with Crippen LogP contribution in [0.25, 0.3) is 22.2 Å². The van der Waals surface area contributed by atoms with Crippen molar-refractivity contribution in [2.24, 2.45) is 0 Å². The maximum atomic E-state index is 13.4. The molecule has 0 bridgehead atoms. The monoisotopic (exact) mass is 372 g/mol. The lowest BCUT2D eigenvalue weighted by molar-refractivity contribution is 0.0739. The van der Waals surface area contributed by atoms with Gasteiger partial charge >= 0.3 is 0 Å². The van der Waals surface area contributed by atoms with Gasteiger partial charge in [0.15, 0.2) is 0 Å². The van der Waals surface area contributed by atoms with Crippen LogP contribution in [0.1, 0.15) is 34.6 Å². The molecule has 0 unspecified atom stereocenters. The normalized spacial score (nSPS) is 12.1. The van der Waals surface area contributed by atoms with Gasteiger partial charge in [-0.2, -0.15) is 0 Å². The van der Waals surface area contributed by atoms with Gasteiger partial charge in [0, 0.05) is 36.5 Å². The minimum atomic E-state index is -0.221. The van der Waals surface area contributed by atoms with E-state index >= 15 is 0 Å². The zero-order chi connectivity index (χ0) is 19.7. The molecule has 0 fully saturated rings. The van der Waals surface area contributed by atoms with Crippen LogP contribution in [-0.4, -0.2) is 33.0 Å². The van der Waals surface area contributed by atoms with Gasteiger partial charge in [-0.25, -0.2) is 4.98 Å². The molecule has 140 valence electrons. The maximum absolute atomic E-state index is 13.4. The van der Waals surface area contributed by atoms with Gasteiger partial charge in [-0.3, -0.25) is 9.78 Å². The van der Waals surface area contributed by atoms with E-state index < -0.39 is 0 Å². The minimum Gasteiger partial charge on any atom is -0.364 e. The van der Waals surface area contributed by atoms with Gasteiger partial charge < -0.3 is 9.42 Å². The molecule has 0 aliphatic heterocycles. The number of hydrogen-bond acceptors (Lipinski definition) is 5. The minimum absolute atomic E-state index is 0.0985. The lowest BCUT2D eigenvalue weighted by atomic mass is 10.0. The summed E-state index contributed by atoms with van der Waals surface area (Å²) >= 11 is 0. The number of pyridine rings is 2. The number of fused-ring (bicyclic) bond motifs is 1. The summed E-state index contributed by atoms with van der Waals surface area (Å²) in [5.41, 5.74) is 4.74. The van der Waals surface area contributed by atoms with E-state index in [2.05, 4.69) is 10.1 Å². The number of aromatic nitrogens is 3. The first-order chi connectivity index (χ1) is 13.5. The van der Waals surface area contributed by atoms with E-state index in [1.54, 1.807) is 30.4 Å². The van der Waals surface area contributed by atoms with Gasteiger partial charge in [-0.1, -0.05) is 16.8 Å². The number of hydrogen-bond donors (Lipinski definition) is 0. The molecule has 1 atom stereocenters. The molecular weight excluding hydrogens is 352 g/mol. The molecule has 28 heavy (non-hydrogen) atoms. The third-order valence-corrected chi connectivity index (χ3v) is 4.94. The summed E-state index contributed by atoms with van der Waals surface area (Å²) in [5, 5.41) is 4.80. The van der Waals surface area contributed by atoms with Gasteiger partial charge in [-0.15, -0.1) is 0 Å². The van der Waals surface area contributed by atoms with Crippen molar-refractivity contribution in [1.82, 2.24) is 20.0 Å². The summed E-state index contributed by atoms with van der Waals surface area (Å²) in [6.45, 7) is 3.93. The van der Waals surface area contributed by atoms with Crippen LogP contribution in [0, 0.1) is 6.92 Å². The second-order valence-electron chi connectivity index (χ2n) is 6.83. The van der Waals surface area contributed by atoms with Crippen LogP contribution >= 0.6 is 0 Å². The summed E-state index contributed by atoms with van der Waals surface area (Å²) < 4.78 is 4.93. The first-order valence-corrected chi connectivity index (χ1v) is 9.04. The molecule has 6 heteroatoms. The standard InChI is InChI=1S/C22H20N4O2/c1-14-6-7-20-17(11-14)18(12-21(24-20)16-5-4-9-23-13-16)22(27)26(3)15(2)19-8-10-28-25-19/h4-13,15H,1-3H3/t15-/m1/s1. The lowest BCUT2D eigenvalue weighted by Gasteiger charge is -2.24. The van der Waals surface area contributed by atoms with Crippen molar-refractivity contribution in [3.8, 4) is 11.3 Å². The first kappa shape index (κ1) is 17.9. The zero-order valence-electron chi connectivity index (χ0n) is 16.0. The Morgan fingerprint density at radius 3 is 2.75 bits per heavy atom. The van der Waals surface area contributed by atoms with Crippen LogP contribution in [0.2, 0.25) is 0 Å². The van der Waals surface area contributed by atoms with Gasteiger partial charge in [0.25, 0.3) is 5.91 Å². The molecule has 4 aromatic rings. The van der Waals surface area contributed by atoms with E-state index in [0.29, 0.717) is 11.3 Å². The van der Waals surface area contributed by atoms with Crippen LogP contribution in [0.5, 0.6) is 0 Å². The average molecular weight is 372 g/mol. The van der Waals surface area contributed by atoms with Crippen LogP contribution in [0.15, 0.2) is 65.6 Å². The first-order valence-electron chi connectivity index (χ1n) is 9.04. The molecule has 0 aliphatic rings. The van der Waals surface area contributed by atoms with Crippen molar-refractivity contribution in [3.05, 3.63) is 77.9 Å². The Hall–Kier alpha value is -3.54. The van der Waals surface area contributed by atoms with Crippen LogP contribution in [0.3, 0.4) is 0 Å². The molecular formula is C22H20N4O2. The molecule has 3 aromatic heterocycles. The Balaban J connectivity index is 1.84. The topological polar surface area (TPSA) is 72.1 Å². The van der Waals surface area contributed by atoms with E-state index in [1.165, 1.54) is 6.26 Å². The summed E-state index contributed by atoms with van der Waals surface area (Å²) in [7, 11) is 1.77. The highest BCUT2D eigenvalue weighted by Crippen LogP contribution is 2.28. The molecule has 6 nitrogen and oxygen atoms in total. The van der Waals surface area contributed by atoms with Crippen molar-refractivity contribution in [2.75, 3.05) is 7.05 Å². The highest BCUT2D eigenvalue weighted by Gasteiger charge is 2.23. The Bertz CT molecular complexity index is 1120. The summed E-state index contributed by atoms with van der Waals surface area (Å²) in [6, 6.07) is 13.1.